The molecule has 1 fully saturated rings. The second-order valence-corrected chi connectivity index (χ2v) is 4.27. The Balaban J connectivity index is 0.000000162. The number of amides is 3. The van der Waals surface area contributed by atoms with Crippen molar-refractivity contribution in [1.82, 2.24) is 10.6 Å². The Bertz CT molecular complexity index is 338. The average molecular weight is 229 g/mol. The molecule has 82 valence electrons. The van der Waals surface area contributed by atoms with Crippen LogP contribution in [0.15, 0.2) is 4.40 Å². The number of nitrogens with zero attached hydrogens (tertiary/aromatic N) is 1. The van der Waals surface area contributed by atoms with Gasteiger partial charge in [0.1, 0.15) is 5.54 Å². The summed E-state index contributed by atoms with van der Waals surface area (Å²) < 4.78 is 3.61. The van der Waals surface area contributed by atoms with E-state index < -0.39 is 11.6 Å². The van der Waals surface area contributed by atoms with E-state index in [0.717, 1.165) is 0 Å². The number of ketones is 1. The smallest absolute Gasteiger partial charge is 0.322 e. The first kappa shape index (κ1) is 11.7. The van der Waals surface area contributed by atoms with Gasteiger partial charge in [-0.15, -0.1) is 0 Å². The molecule has 0 unspecified atom stereocenters. The molecular formula is C8H11N3O3S. The lowest BCUT2D eigenvalue weighted by Crippen LogP contribution is -2.39. The first-order valence-corrected chi connectivity index (χ1v) is 5.18. The number of carbonyl (C=O) groups excluding carboxylic acids is 3. The summed E-state index contributed by atoms with van der Waals surface area (Å²) in [5.41, 5.74) is -0.725. The number of rotatable bonds is 0. The summed E-state index contributed by atoms with van der Waals surface area (Å²) in [5, 5.41) is 4.56. The quantitative estimate of drug-likeness (QED) is 0.448. The minimum atomic E-state index is -0.725. The molecule has 0 spiro atoms. The van der Waals surface area contributed by atoms with Crippen molar-refractivity contribution in [3.8, 4) is 0 Å². The highest BCUT2D eigenvalue weighted by molar-refractivity contribution is 7.99. The zero-order valence-electron chi connectivity index (χ0n) is 8.36. The second kappa shape index (κ2) is 4.43. The number of hydrogen-bond acceptors (Lipinski definition) is 5. The number of hydrogen-bond donors (Lipinski definition) is 2. The van der Waals surface area contributed by atoms with Crippen LogP contribution in [0.3, 0.4) is 0 Å². The van der Waals surface area contributed by atoms with E-state index in [9.17, 15) is 14.4 Å². The van der Waals surface area contributed by atoms with Crippen LogP contribution in [-0.2, 0) is 9.59 Å². The molecule has 0 radical (unpaired) electrons. The molecular weight excluding hydrogens is 218 g/mol. The molecule has 7 heteroatoms. The van der Waals surface area contributed by atoms with Gasteiger partial charge in [0.05, 0.1) is 12.0 Å². The van der Waals surface area contributed by atoms with Gasteiger partial charge in [0, 0.05) is 0 Å². The van der Waals surface area contributed by atoms with Crippen molar-refractivity contribution in [3.63, 3.8) is 0 Å². The average Bonchev–Trinajstić information content (AvgIpc) is 2.62. The Morgan fingerprint density at radius 2 is 2.07 bits per heavy atom. The van der Waals surface area contributed by atoms with Crippen LogP contribution < -0.4 is 10.6 Å². The van der Waals surface area contributed by atoms with Crippen molar-refractivity contribution in [2.75, 3.05) is 5.75 Å². The van der Waals surface area contributed by atoms with Crippen LogP contribution in [-0.4, -0.2) is 35.2 Å². The molecule has 0 aromatic heterocycles. The van der Waals surface area contributed by atoms with Gasteiger partial charge in [0.2, 0.25) is 0 Å². The van der Waals surface area contributed by atoms with E-state index in [1.807, 2.05) is 0 Å². The van der Waals surface area contributed by atoms with Crippen molar-refractivity contribution >= 4 is 35.9 Å². The zero-order chi connectivity index (χ0) is 11.5. The van der Waals surface area contributed by atoms with E-state index in [-0.39, 0.29) is 11.7 Å². The minimum Gasteiger partial charge on any atom is -0.324 e. The van der Waals surface area contributed by atoms with Crippen LogP contribution in [0.2, 0.25) is 0 Å². The highest BCUT2D eigenvalue weighted by Crippen LogP contribution is 2.06. The standard InChI is InChI=1S/C5H8N2O2.C3H3NOS/c1-5(2)3(8)6-4(9)7-5;5-3-1-4-6-2-3/h1-2H3,(H2,6,7,8,9);1H,2H2. The predicted molar refractivity (Wildman–Crippen MR) is 56.7 cm³/mol. The van der Waals surface area contributed by atoms with Gasteiger partial charge in [-0.2, -0.15) is 0 Å². The molecule has 2 rings (SSSR count). The Morgan fingerprint density at radius 3 is 2.20 bits per heavy atom. The molecule has 0 aromatic carbocycles. The Morgan fingerprint density at radius 1 is 1.40 bits per heavy atom. The fourth-order valence-corrected chi connectivity index (χ4v) is 1.33. The fourth-order valence-electron chi connectivity index (χ4n) is 0.865. The summed E-state index contributed by atoms with van der Waals surface area (Å²) in [4.78, 5) is 31.2. The van der Waals surface area contributed by atoms with Gasteiger partial charge in [-0.3, -0.25) is 14.9 Å². The molecule has 2 heterocycles. The van der Waals surface area contributed by atoms with Crippen molar-refractivity contribution in [1.29, 1.82) is 0 Å². The summed E-state index contributed by atoms with van der Waals surface area (Å²) in [6.45, 7) is 3.29. The van der Waals surface area contributed by atoms with Crippen LogP contribution in [0.4, 0.5) is 4.79 Å². The first-order chi connectivity index (χ1) is 6.92. The molecule has 0 bridgehead atoms. The fraction of sp³-hybridized carbons (Fsp3) is 0.500. The van der Waals surface area contributed by atoms with Crippen molar-refractivity contribution < 1.29 is 14.4 Å². The third-order valence-corrected chi connectivity index (χ3v) is 2.37. The van der Waals surface area contributed by atoms with E-state index in [1.54, 1.807) is 13.8 Å². The van der Waals surface area contributed by atoms with E-state index in [0.29, 0.717) is 5.75 Å². The van der Waals surface area contributed by atoms with Gasteiger partial charge < -0.3 is 5.32 Å². The molecule has 1 saturated heterocycles. The SMILES string of the molecule is CC1(C)NC(=O)NC1=O.O=C1C=NSC1. The summed E-state index contributed by atoms with van der Waals surface area (Å²) in [6.07, 6.45) is 1.35. The van der Waals surface area contributed by atoms with Gasteiger partial charge in [-0.25, -0.2) is 9.19 Å². The Labute approximate surface area is 91.0 Å². The maximum atomic E-state index is 10.7. The van der Waals surface area contributed by atoms with Crippen LogP contribution in [0.5, 0.6) is 0 Å². The second-order valence-electron chi connectivity index (χ2n) is 3.51. The van der Waals surface area contributed by atoms with E-state index in [1.165, 1.54) is 18.2 Å². The molecule has 3 amide bonds. The number of Topliss-reactive ketones (excluding diaryl/α,β-unsaturated/α-hetero) is 1. The van der Waals surface area contributed by atoms with Crippen LogP contribution in [0.25, 0.3) is 0 Å². The zero-order valence-corrected chi connectivity index (χ0v) is 9.18. The van der Waals surface area contributed by atoms with Crippen molar-refractivity contribution in [2.24, 2.45) is 4.40 Å². The maximum absolute atomic E-state index is 10.7. The van der Waals surface area contributed by atoms with Gasteiger partial charge in [-0.1, -0.05) is 0 Å². The largest absolute Gasteiger partial charge is 0.324 e. The van der Waals surface area contributed by atoms with Gasteiger partial charge >= 0.3 is 6.03 Å². The Kier molecular flexibility index (Phi) is 3.46. The first-order valence-electron chi connectivity index (χ1n) is 4.23. The van der Waals surface area contributed by atoms with Gasteiger partial charge in [0.15, 0.2) is 5.78 Å². The summed E-state index contributed by atoms with van der Waals surface area (Å²) in [5.74, 6) is 0.396. The Hall–Kier alpha value is -1.37. The van der Waals surface area contributed by atoms with Crippen LogP contribution in [0.1, 0.15) is 13.8 Å². The monoisotopic (exact) mass is 229 g/mol. The normalized spacial score (nSPS) is 21.9. The lowest BCUT2D eigenvalue weighted by molar-refractivity contribution is -0.122. The maximum Gasteiger partial charge on any atom is 0.322 e. The van der Waals surface area contributed by atoms with Gasteiger partial charge in [0.25, 0.3) is 5.91 Å². The van der Waals surface area contributed by atoms with E-state index >= 15 is 0 Å². The number of nitrogens with one attached hydrogen (secondary N) is 2. The molecule has 2 aliphatic rings. The minimum absolute atomic E-state index is 0.125. The third-order valence-electron chi connectivity index (χ3n) is 1.70. The number of urea groups is 1. The number of carbonyl (C=O) groups is 3. The summed E-state index contributed by atoms with van der Waals surface area (Å²) in [6, 6.07) is -0.412. The molecule has 0 aromatic rings. The van der Waals surface area contributed by atoms with Crippen molar-refractivity contribution in [3.05, 3.63) is 0 Å². The molecule has 0 aliphatic carbocycles. The molecule has 0 atom stereocenters. The van der Waals surface area contributed by atoms with E-state index in [2.05, 4.69) is 15.0 Å². The molecule has 15 heavy (non-hydrogen) atoms. The van der Waals surface area contributed by atoms with Crippen molar-refractivity contribution in [2.45, 2.75) is 19.4 Å². The lowest BCUT2D eigenvalue weighted by atomic mass is 10.1. The summed E-state index contributed by atoms with van der Waals surface area (Å²) in [7, 11) is 0. The molecule has 2 N–H and O–H groups in total. The highest BCUT2D eigenvalue weighted by atomic mass is 32.2. The summed E-state index contributed by atoms with van der Waals surface area (Å²) >= 11 is 1.30. The molecule has 6 nitrogen and oxygen atoms in total. The van der Waals surface area contributed by atoms with Crippen LogP contribution >= 0.6 is 11.9 Å². The third kappa shape index (κ3) is 3.35. The highest BCUT2D eigenvalue weighted by Gasteiger charge is 2.36. The molecule has 2 aliphatic heterocycles. The van der Waals surface area contributed by atoms with Crippen LogP contribution in [0, 0.1) is 0 Å². The van der Waals surface area contributed by atoms with Gasteiger partial charge in [-0.05, 0) is 25.8 Å². The van der Waals surface area contributed by atoms with E-state index in [4.69, 9.17) is 0 Å². The topological polar surface area (TPSA) is 87.6 Å². The number of imide groups is 1. The molecule has 0 saturated carbocycles. The predicted octanol–water partition coefficient (Wildman–Crippen LogP) is -0.108. The lowest BCUT2D eigenvalue weighted by Gasteiger charge is -2.11.